The molecule has 14 heteroatoms. The van der Waals surface area contributed by atoms with Crippen LogP contribution in [-0.2, 0) is 30.4 Å². The second-order valence-corrected chi connectivity index (χ2v) is 10.9. The number of unbranched alkanes of at least 4 members (excludes halogenated alkanes) is 2. The minimum absolute atomic E-state index is 0.103. The fraction of sp³-hybridized carbons (Fsp3) is 0.567. The molecule has 5 atom stereocenters. The van der Waals surface area contributed by atoms with E-state index in [1.165, 1.54) is 6.92 Å². The summed E-state index contributed by atoms with van der Waals surface area (Å²) in [5.74, 6) is -2.41. The fourth-order valence-electron chi connectivity index (χ4n) is 4.71. The maximum Gasteiger partial charge on any atom is 0.243 e. The number of benzene rings is 1. The number of carbonyl (C=O) groups is 5. The summed E-state index contributed by atoms with van der Waals surface area (Å²) in [5.41, 5.74) is 19.0. The molecule has 0 aliphatic carbocycles. The number of hydrogen-bond acceptors (Lipinski definition) is 9. The minimum atomic E-state index is -1.14. The number of aliphatic hydroxyl groups is 1. The van der Waals surface area contributed by atoms with Crippen LogP contribution in [0.4, 0.5) is 0 Å². The van der Waals surface area contributed by atoms with Crippen LogP contribution in [0.15, 0.2) is 30.5 Å². The Labute approximate surface area is 257 Å². The highest BCUT2D eigenvalue weighted by Crippen LogP contribution is 2.19. The van der Waals surface area contributed by atoms with Gasteiger partial charge in [-0.05, 0) is 70.2 Å². The van der Waals surface area contributed by atoms with Crippen molar-refractivity contribution in [3.8, 4) is 0 Å². The Bertz CT molecular complexity index is 1220. The number of nitrogens with two attached hydrogens (primary N) is 3. The van der Waals surface area contributed by atoms with Crippen LogP contribution in [0.2, 0.25) is 0 Å². The van der Waals surface area contributed by atoms with Gasteiger partial charge in [0.15, 0.2) is 0 Å². The van der Waals surface area contributed by atoms with Gasteiger partial charge in [0.2, 0.25) is 23.6 Å². The second kappa shape index (κ2) is 19.4. The summed E-state index contributed by atoms with van der Waals surface area (Å²) >= 11 is 0. The van der Waals surface area contributed by atoms with Gasteiger partial charge in [-0.15, -0.1) is 0 Å². The van der Waals surface area contributed by atoms with E-state index in [1.807, 2.05) is 24.3 Å². The number of nitrogens with one attached hydrogen (secondary N) is 5. The molecule has 2 aromatic rings. The average molecular weight is 617 g/mol. The molecule has 0 saturated heterocycles. The van der Waals surface area contributed by atoms with Crippen molar-refractivity contribution in [1.29, 1.82) is 0 Å². The highest BCUT2D eigenvalue weighted by Gasteiger charge is 2.31. The van der Waals surface area contributed by atoms with Crippen LogP contribution in [0.5, 0.6) is 0 Å². The van der Waals surface area contributed by atoms with Gasteiger partial charge < -0.3 is 53.4 Å². The molecule has 0 spiro atoms. The second-order valence-electron chi connectivity index (χ2n) is 10.9. The van der Waals surface area contributed by atoms with Crippen molar-refractivity contribution in [2.24, 2.45) is 17.2 Å². The van der Waals surface area contributed by atoms with Gasteiger partial charge in [0.25, 0.3) is 0 Å². The molecule has 0 aliphatic rings. The van der Waals surface area contributed by atoms with Crippen LogP contribution in [0.25, 0.3) is 10.9 Å². The van der Waals surface area contributed by atoms with Crippen LogP contribution in [-0.4, -0.2) is 89.9 Å². The van der Waals surface area contributed by atoms with Crippen LogP contribution < -0.4 is 38.5 Å². The molecule has 0 aliphatic heterocycles. The average Bonchev–Trinajstić information content (AvgIpc) is 3.42. The van der Waals surface area contributed by atoms with Crippen molar-refractivity contribution in [3.63, 3.8) is 0 Å². The van der Waals surface area contributed by atoms with E-state index in [-0.39, 0.29) is 19.3 Å². The molecule has 0 saturated carbocycles. The topological polar surface area (TPSA) is 248 Å². The van der Waals surface area contributed by atoms with Gasteiger partial charge in [-0.3, -0.25) is 19.2 Å². The molecule has 0 bridgehead atoms. The van der Waals surface area contributed by atoms with Gasteiger partial charge >= 0.3 is 0 Å². The third kappa shape index (κ3) is 11.7. The van der Waals surface area contributed by atoms with Crippen molar-refractivity contribution < 1.29 is 29.1 Å². The lowest BCUT2D eigenvalue weighted by atomic mass is 10.0. The lowest BCUT2D eigenvalue weighted by molar-refractivity contribution is -0.134. The molecule has 2 rings (SSSR count). The number of fused-ring (bicyclic) bond motifs is 1. The molecule has 4 amide bonds. The maximum absolute atomic E-state index is 13.7. The molecule has 14 nitrogen and oxygen atoms in total. The lowest BCUT2D eigenvalue weighted by Gasteiger charge is -2.26. The number of carbonyl (C=O) groups excluding carboxylic acids is 5. The number of aromatic nitrogens is 1. The summed E-state index contributed by atoms with van der Waals surface area (Å²) in [7, 11) is 0. The highest BCUT2D eigenvalue weighted by molar-refractivity contribution is 5.95. The SMILES string of the molecule is C[C@@H](C=O)NC(=O)[C@H](CCO)NC(=O)[C@H](CCCCN)NC(=O)[C@H](Cc1c[nH]c2ccccc12)NC(=O)[C@@H](N)CCCCN. The highest BCUT2D eigenvalue weighted by atomic mass is 16.3. The van der Waals surface area contributed by atoms with E-state index in [0.29, 0.717) is 51.5 Å². The van der Waals surface area contributed by atoms with Gasteiger partial charge in [0.05, 0.1) is 12.1 Å². The van der Waals surface area contributed by atoms with Crippen LogP contribution in [0.1, 0.15) is 57.4 Å². The van der Waals surface area contributed by atoms with Crippen LogP contribution in [0.3, 0.4) is 0 Å². The summed E-state index contributed by atoms with van der Waals surface area (Å²) in [6.07, 6.45) is 5.38. The number of hydrogen-bond donors (Lipinski definition) is 9. The molecular weight excluding hydrogens is 568 g/mol. The van der Waals surface area contributed by atoms with Crippen molar-refractivity contribution in [1.82, 2.24) is 26.3 Å². The van der Waals surface area contributed by atoms with E-state index in [1.54, 1.807) is 6.20 Å². The van der Waals surface area contributed by atoms with Crippen molar-refractivity contribution in [2.45, 2.75) is 88.5 Å². The van der Waals surface area contributed by atoms with E-state index in [0.717, 1.165) is 16.5 Å². The number of aliphatic hydroxyl groups excluding tert-OH is 1. The molecule has 12 N–H and O–H groups in total. The summed E-state index contributed by atoms with van der Waals surface area (Å²) in [5, 5.41) is 20.9. The van der Waals surface area contributed by atoms with Crippen LogP contribution in [0, 0.1) is 0 Å². The number of para-hydroxylation sites is 1. The Kier molecular flexibility index (Phi) is 16.1. The molecule has 0 unspecified atom stereocenters. The van der Waals surface area contributed by atoms with Gasteiger partial charge in [0, 0.05) is 30.1 Å². The number of aromatic amines is 1. The molecule has 1 aromatic carbocycles. The van der Waals surface area contributed by atoms with Crippen LogP contribution >= 0.6 is 0 Å². The predicted octanol–water partition coefficient (Wildman–Crippen LogP) is -1.16. The number of rotatable bonds is 21. The summed E-state index contributed by atoms with van der Waals surface area (Å²) < 4.78 is 0. The maximum atomic E-state index is 13.7. The van der Waals surface area contributed by atoms with E-state index < -0.39 is 60.4 Å². The molecule has 1 aromatic heterocycles. The Morgan fingerprint density at radius 1 is 0.818 bits per heavy atom. The Balaban J connectivity index is 2.29. The normalized spacial score (nSPS) is 14.6. The standard InChI is InChI=1S/C30H48N8O6/c1-19(18-40)35-28(42)25(12-15-39)37-29(43)24(11-5-7-14-32)36-30(44)26(38-27(41)22(33)9-4-6-13-31)16-20-17-34-23-10-3-2-8-21(20)23/h2-3,8,10,17-19,22,24-26,34,39H,4-7,9,11-16,31-33H2,1H3,(H,35,42)(H,36,44)(H,37,43)(H,38,41)/t19-,22-,24-,25-,26-/m0/s1. The van der Waals surface area contributed by atoms with Gasteiger partial charge in [-0.2, -0.15) is 0 Å². The number of aldehydes is 1. The first-order chi connectivity index (χ1) is 21.1. The van der Waals surface area contributed by atoms with Crippen molar-refractivity contribution >= 4 is 40.8 Å². The first-order valence-electron chi connectivity index (χ1n) is 15.1. The van der Waals surface area contributed by atoms with E-state index >= 15 is 0 Å². The van der Waals surface area contributed by atoms with E-state index in [4.69, 9.17) is 17.2 Å². The van der Waals surface area contributed by atoms with Gasteiger partial charge in [-0.25, -0.2) is 0 Å². The quantitative estimate of drug-likeness (QED) is 0.0605. The molecule has 0 fully saturated rings. The predicted molar refractivity (Wildman–Crippen MR) is 167 cm³/mol. The first kappa shape index (κ1) is 36.3. The fourth-order valence-corrected chi connectivity index (χ4v) is 4.71. The molecule has 44 heavy (non-hydrogen) atoms. The van der Waals surface area contributed by atoms with Crippen molar-refractivity contribution in [3.05, 3.63) is 36.0 Å². The molecule has 1 heterocycles. The largest absolute Gasteiger partial charge is 0.396 e. The smallest absolute Gasteiger partial charge is 0.243 e. The summed E-state index contributed by atoms with van der Waals surface area (Å²) in [6, 6.07) is 2.60. The zero-order valence-electron chi connectivity index (χ0n) is 25.3. The zero-order chi connectivity index (χ0) is 32.5. The first-order valence-corrected chi connectivity index (χ1v) is 15.1. The van der Waals surface area contributed by atoms with E-state index in [9.17, 15) is 29.1 Å². The lowest BCUT2D eigenvalue weighted by Crippen LogP contribution is -2.58. The third-order valence-corrected chi connectivity index (χ3v) is 7.24. The van der Waals surface area contributed by atoms with E-state index in [2.05, 4.69) is 26.3 Å². The third-order valence-electron chi connectivity index (χ3n) is 7.24. The number of H-pyrrole nitrogens is 1. The number of amides is 4. The van der Waals surface area contributed by atoms with Gasteiger partial charge in [-0.1, -0.05) is 24.6 Å². The molecule has 244 valence electrons. The van der Waals surface area contributed by atoms with Crippen molar-refractivity contribution in [2.75, 3.05) is 19.7 Å². The molecular formula is C30H48N8O6. The summed E-state index contributed by atoms with van der Waals surface area (Å²) in [6.45, 7) is 1.93. The Morgan fingerprint density at radius 2 is 1.39 bits per heavy atom. The monoisotopic (exact) mass is 616 g/mol. The zero-order valence-corrected chi connectivity index (χ0v) is 25.3. The summed E-state index contributed by atoms with van der Waals surface area (Å²) in [4.78, 5) is 67.0. The minimum Gasteiger partial charge on any atom is -0.396 e. The van der Waals surface area contributed by atoms with Gasteiger partial charge in [0.1, 0.15) is 24.4 Å². The Hall–Kier alpha value is -3.85. The Morgan fingerprint density at radius 3 is 2.02 bits per heavy atom. The molecule has 0 radical (unpaired) electrons.